The Morgan fingerprint density at radius 1 is 1.29 bits per heavy atom. The minimum Gasteiger partial charge on any atom is -0.480 e. The van der Waals surface area contributed by atoms with Gasteiger partial charge in [-0.05, 0) is 27.2 Å². The molecule has 8 heteroatoms. The number of amides is 2. The molecule has 0 saturated heterocycles. The third-order valence-corrected chi connectivity index (χ3v) is 4.78. The van der Waals surface area contributed by atoms with Gasteiger partial charge in [-0.15, -0.1) is 0 Å². The van der Waals surface area contributed by atoms with Crippen molar-refractivity contribution in [2.45, 2.75) is 57.9 Å². The van der Waals surface area contributed by atoms with Crippen LogP contribution in [0.2, 0.25) is 0 Å². The fourth-order valence-corrected chi connectivity index (χ4v) is 2.51. The molecule has 7 nitrogen and oxygen atoms in total. The highest BCUT2D eigenvalue weighted by Crippen LogP contribution is 2.09. The first kappa shape index (κ1) is 19.6. The van der Waals surface area contributed by atoms with Gasteiger partial charge >= 0.3 is 5.97 Å². The van der Waals surface area contributed by atoms with Crippen LogP contribution in [0, 0.1) is 0 Å². The largest absolute Gasteiger partial charge is 0.480 e. The first-order valence-corrected chi connectivity index (χ1v) is 8.07. The molecule has 0 aliphatic carbocycles. The van der Waals surface area contributed by atoms with Crippen molar-refractivity contribution in [3.63, 3.8) is 0 Å². The van der Waals surface area contributed by atoms with Gasteiger partial charge in [0.2, 0.25) is 11.8 Å². The Morgan fingerprint density at radius 2 is 1.81 bits per heavy atom. The molecule has 0 aromatic rings. The summed E-state index contributed by atoms with van der Waals surface area (Å²) in [5.41, 5.74) is -0.417. The lowest BCUT2D eigenvalue weighted by Gasteiger charge is -2.26. The SMILES string of the molecule is CCC(C)(C)NC(=O)C(C)S(=O)CC(NC(C)=O)C(=O)O. The molecule has 2 amide bonds. The Morgan fingerprint density at radius 3 is 2.19 bits per heavy atom. The fourth-order valence-electron chi connectivity index (χ4n) is 1.37. The van der Waals surface area contributed by atoms with E-state index in [2.05, 4.69) is 10.6 Å². The summed E-state index contributed by atoms with van der Waals surface area (Å²) in [4.78, 5) is 33.9. The third kappa shape index (κ3) is 7.22. The Hall–Kier alpha value is -1.44. The van der Waals surface area contributed by atoms with Crippen molar-refractivity contribution in [1.82, 2.24) is 10.6 Å². The Kier molecular flexibility index (Phi) is 7.56. The predicted octanol–water partition coefficient (Wildman–Crippen LogP) is 0.0177. The average Bonchev–Trinajstić information content (AvgIpc) is 2.35. The number of carbonyl (C=O) groups is 3. The van der Waals surface area contributed by atoms with Crippen molar-refractivity contribution >= 4 is 28.6 Å². The normalized spacial score (nSPS) is 15.7. The van der Waals surface area contributed by atoms with Crippen molar-refractivity contribution < 1.29 is 23.7 Å². The number of hydrogen-bond donors (Lipinski definition) is 3. The molecule has 0 aromatic heterocycles. The highest BCUT2D eigenvalue weighted by atomic mass is 32.2. The van der Waals surface area contributed by atoms with Crippen LogP contribution in [-0.2, 0) is 25.2 Å². The zero-order chi connectivity index (χ0) is 16.8. The smallest absolute Gasteiger partial charge is 0.327 e. The second-order valence-corrected chi connectivity index (χ2v) is 7.31. The van der Waals surface area contributed by atoms with Gasteiger partial charge in [0.15, 0.2) is 0 Å². The van der Waals surface area contributed by atoms with Gasteiger partial charge in [-0.3, -0.25) is 13.8 Å². The summed E-state index contributed by atoms with van der Waals surface area (Å²) in [7, 11) is -1.71. The van der Waals surface area contributed by atoms with E-state index in [1.54, 1.807) is 0 Å². The van der Waals surface area contributed by atoms with E-state index in [9.17, 15) is 18.6 Å². The van der Waals surface area contributed by atoms with E-state index in [1.165, 1.54) is 13.8 Å². The molecule has 0 saturated carbocycles. The molecule has 0 rings (SSSR count). The summed E-state index contributed by atoms with van der Waals surface area (Å²) >= 11 is 0. The molecule has 0 aliphatic heterocycles. The van der Waals surface area contributed by atoms with Crippen LogP contribution in [0.15, 0.2) is 0 Å². The summed E-state index contributed by atoms with van der Waals surface area (Å²) in [6.07, 6.45) is 0.710. The molecule has 0 fully saturated rings. The molecule has 0 aromatic carbocycles. The Labute approximate surface area is 127 Å². The average molecular weight is 320 g/mol. The van der Waals surface area contributed by atoms with Crippen LogP contribution in [-0.4, -0.2) is 49.7 Å². The van der Waals surface area contributed by atoms with E-state index in [-0.39, 0.29) is 5.75 Å². The van der Waals surface area contributed by atoms with Crippen LogP contribution in [0.25, 0.3) is 0 Å². The van der Waals surface area contributed by atoms with E-state index >= 15 is 0 Å². The van der Waals surface area contributed by atoms with Gasteiger partial charge in [0, 0.05) is 23.3 Å². The van der Waals surface area contributed by atoms with Crippen LogP contribution in [0.1, 0.15) is 41.0 Å². The highest BCUT2D eigenvalue weighted by molar-refractivity contribution is 7.86. The molecule has 122 valence electrons. The first-order chi connectivity index (χ1) is 9.50. The van der Waals surface area contributed by atoms with Gasteiger partial charge < -0.3 is 15.7 Å². The zero-order valence-electron chi connectivity index (χ0n) is 13.1. The molecule has 3 atom stereocenters. The Bertz CT molecular complexity index is 436. The van der Waals surface area contributed by atoms with Gasteiger partial charge in [0.25, 0.3) is 0 Å². The number of nitrogens with one attached hydrogen (secondary N) is 2. The number of carbonyl (C=O) groups excluding carboxylic acids is 2. The highest BCUT2D eigenvalue weighted by Gasteiger charge is 2.29. The van der Waals surface area contributed by atoms with Crippen molar-refractivity contribution in [1.29, 1.82) is 0 Å². The minimum absolute atomic E-state index is 0.309. The van der Waals surface area contributed by atoms with Crippen molar-refractivity contribution in [2.24, 2.45) is 0 Å². The van der Waals surface area contributed by atoms with Crippen molar-refractivity contribution in [2.75, 3.05) is 5.75 Å². The summed E-state index contributed by atoms with van der Waals surface area (Å²) in [6.45, 7) is 8.26. The number of aliphatic carboxylic acids is 1. The maximum atomic E-state index is 12.1. The number of hydrogen-bond acceptors (Lipinski definition) is 4. The van der Waals surface area contributed by atoms with Gasteiger partial charge in [0.05, 0.1) is 5.75 Å². The quantitative estimate of drug-likeness (QED) is 0.583. The molecular weight excluding hydrogens is 296 g/mol. The van der Waals surface area contributed by atoms with Crippen LogP contribution < -0.4 is 10.6 Å². The van der Waals surface area contributed by atoms with E-state index < -0.39 is 45.4 Å². The topological polar surface area (TPSA) is 113 Å². The lowest BCUT2D eigenvalue weighted by atomic mass is 10.0. The summed E-state index contributed by atoms with van der Waals surface area (Å²) in [5.74, 6) is -2.51. The molecule has 0 spiro atoms. The molecule has 21 heavy (non-hydrogen) atoms. The minimum atomic E-state index is -1.71. The third-order valence-electron chi connectivity index (χ3n) is 3.12. The molecule has 0 radical (unpaired) electrons. The molecule has 0 heterocycles. The molecule has 3 unspecified atom stereocenters. The number of rotatable bonds is 8. The monoisotopic (exact) mass is 320 g/mol. The van der Waals surface area contributed by atoms with Gasteiger partial charge in [-0.25, -0.2) is 4.79 Å². The van der Waals surface area contributed by atoms with Crippen molar-refractivity contribution in [3.05, 3.63) is 0 Å². The zero-order valence-corrected chi connectivity index (χ0v) is 13.9. The van der Waals surface area contributed by atoms with Crippen LogP contribution in [0.4, 0.5) is 0 Å². The van der Waals surface area contributed by atoms with E-state index in [4.69, 9.17) is 5.11 Å². The van der Waals surface area contributed by atoms with E-state index in [0.29, 0.717) is 6.42 Å². The molecular formula is C13H24N2O5S. The second-order valence-electron chi connectivity index (χ2n) is 5.51. The summed E-state index contributed by atoms with van der Waals surface area (Å²) in [6, 6.07) is -1.27. The second kappa shape index (κ2) is 8.11. The Balaban J connectivity index is 4.72. The van der Waals surface area contributed by atoms with Gasteiger partial charge in [-0.1, -0.05) is 6.92 Å². The van der Waals surface area contributed by atoms with Crippen LogP contribution in [0.5, 0.6) is 0 Å². The maximum absolute atomic E-state index is 12.1. The summed E-state index contributed by atoms with van der Waals surface area (Å²) in [5, 5.41) is 13.1. The molecule has 0 bridgehead atoms. The lowest BCUT2D eigenvalue weighted by Crippen LogP contribution is -2.50. The van der Waals surface area contributed by atoms with Gasteiger partial charge in [-0.2, -0.15) is 0 Å². The van der Waals surface area contributed by atoms with Gasteiger partial charge in [0.1, 0.15) is 11.3 Å². The summed E-state index contributed by atoms with van der Waals surface area (Å²) < 4.78 is 12.1. The lowest BCUT2D eigenvalue weighted by molar-refractivity contribution is -0.140. The van der Waals surface area contributed by atoms with E-state index in [0.717, 1.165) is 0 Å². The van der Waals surface area contributed by atoms with Crippen molar-refractivity contribution in [3.8, 4) is 0 Å². The molecule has 0 aliphatic rings. The number of carboxylic acids is 1. The fraction of sp³-hybridized carbons (Fsp3) is 0.769. The number of carboxylic acid groups (broad SMARTS) is 1. The predicted molar refractivity (Wildman–Crippen MR) is 80.2 cm³/mol. The first-order valence-electron chi connectivity index (χ1n) is 6.69. The standard InChI is InChI=1S/C13H24N2O5S/c1-6-13(4,5)15-11(17)8(2)21(20)7-10(12(18)19)14-9(3)16/h8,10H,6-7H2,1-5H3,(H,14,16)(H,15,17)(H,18,19). The maximum Gasteiger partial charge on any atom is 0.327 e. The molecule has 3 N–H and O–H groups in total. The van der Waals surface area contributed by atoms with Crippen LogP contribution >= 0.6 is 0 Å². The van der Waals surface area contributed by atoms with Crippen LogP contribution in [0.3, 0.4) is 0 Å². The van der Waals surface area contributed by atoms with E-state index in [1.807, 2.05) is 20.8 Å².